The predicted molar refractivity (Wildman–Crippen MR) is 97.7 cm³/mol. The summed E-state index contributed by atoms with van der Waals surface area (Å²) in [5.41, 5.74) is 6.43. The van der Waals surface area contributed by atoms with Crippen molar-refractivity contribution >= 4 is 11.3 Å². The van der Waals surface area contributed by atoms with E-state index in [9.17, 15) is 0 Å². The molecule has 1 N–H and O–H groups in total. The molecule has 0 radical (unpaired) electrons. The summed E-state index contributed by atoms with van der Waals surface area (Å²) < 4.78 is 2.13. The molecule has 5 heteroatoms. The smallest absolute Gasteiger partial charge is 0.106 e. The molecular formula is C19H22N4S. The molecule has 4 rings (SSSR count). The van der Waals surface area contributed by atoms with Gasteiger partial charge in [0, 0.05) is 35.4 Å². The Bertz CT molecular complexity index is 815. The lowest BCUT2D eigenvalue weighted by Gasteiger charge is -2.24. The van der Waals surface area contributed by atoms with Crippen LogP contribution in [0.25, 0.3) is 5.69 Å². The van der Waals surface area contributed by atoms with Crippen LogP contribution in [-0.2, 0) is 13.0 Å². The lowest BCUT2D eigenvalue weighted by atomic mass is 9.93. The van der Waals surface area contributed by atoms with Gasteiger partial charge in [0.1, 0.15) is 5.01 Å². The van der Waals surface area contributed by atoms with Gasteiger partial charge in [0.25, 0.3) is 0 Å². The molecule has 2 aromatic heterocycles. The van der Waals surface area contributed by atoms with Gasteiger partial charge in [0.15, 0.2) is 0 Å². The molecule has 1 atom stereocenters. The zero-order chi connectivity index (χ0) is 16.5. The maximum atomic E-state index is 4.71. The molecule has 0 fully saturated rings. The van der Waals surface area contributed by atoms with E-state index in [1.165, 1.54) is 34.5 Å². The third-order valence-electron chi connectivity index (χ3n) is 4.62. The maximum Gasteiger partial charge on any atom is 0.106 e. The minimum atomic E-state index is 0.373. The molecule has 1 aromatic carbocycles. The van der Waals surface area contributed by atoms with Crippen molar-refractivity contribution in [1.29, 1.82) is 0 Å². The average Bonchev–Trinajstić information content (AvgIpc) is 3.21. The molecule has 0 bridgehead atoms. The van der Waals surface area contributed by atoms with Gasteiger partial charge >= 0.3 is 0 Å². The summed E-state index contributed by atoms with van der Waals surface area (Å²) >= 11 is 1.70. The largest absolute Gasteiger partial charge is 0.303 e. The van der Waals surface area contributed by atoms with E-state index in [0.717, 1.165) is 24.4 Å². The van der Waals surface area contributed by atoms with Crippen molar-refractivity contribution in [3.8, 4) is 5.69 Å². The Balaban J connectivity index is 1.61. The first-order chi connectivity index (χ1) is 11.7. The Kier molecular flexibility index (Phi) is 4.21. The molecule has 2 heterocycles. The molecule has 24 heavy (non-hydrogen) atoms. The Hall–Kier alpha value is -1.98. The van der Waals surface area contributed by atoms with Crippen LogP contribution in [-0.4, -0.2) is 14.8 Å². The fourth-order valence-corrected chi connectivity index (χ4v) is 4.18. The summed E-state index contributed by atoms with van der Waals surface area (Å²) in [6, 6.07) is 7.01. The van der Waals surface area contributed by atoms with Gasteiger partial charge in [0.05, 0.1) is 11.9 Å². The average molecular weight is 338 g/mol. The fraction of sp³-hybridized carbons (Fsp3) is 0.368. The van der Waals surface area contributed by atoms with Gasteiger partial charge in [-0.05, 0) is 56.4 Å². The number of nitrogens with one attached hydrogen (secondary N) is 1. The zero-order valence-electron chi connectivity index (χ0n) is 14.1. The van der Waals surface area contributed by atoms with E-state index < -0.39 is 0 Å². The molecular weight excluding hydrogens is 316 g/mol. The van der Waals surface area contributed by atoms with Crippen molar-refractivity contribution in [2.45, 2.75) is 45.7 Å². The molecule has 4 nitrogen and oxygen atoms in total. The van der Waals surface area contributed by atoms with E-state index in [-0.39, 0.29) is 0 Å². The van der Waals surface area contributed by atoms with Crippen LogP contribution in [0.5, 0.6) is 0 Å². The van der Waals surface area contributed by atoms with Crippen molar-refractivity contribution in [3.63, 3.8) is 0 Å². The number of aryl methyl sites for hydroxylation is 2. The lowest BCUT2D eigenvalue weighted by Crippen LogP contribution is -2.25. The summed E-state index contributed by atoms with van der Waals surface area (Å²) in [6.07, 6.45) is 7.37. The molecule has 1 unspecified atom stereocenters. The van der Waals surface area contributed by atoms with Crippen molar-refractivity contribution < 1.29 is 0 Å². The third kappa shape index (κ3) is 3.01. The lowest BCUT2D eigenvalue weighted by molar-refractivity contribution is 0.454. The molecule has 0 amide bonds. The van der Waals surface area contributed by atoms with Crippen LogP contribution in [0, 0.1) is 13.8 Å². The van der Waals surface area contributed by atoms with Crippen LogP contribution in [0.4, 0.5) is 0 Å². The Labute approximate surface area is 146 Å². The summed E-state index contributed by atoms with van der Waals surface area (Å²) in [4.78, 5) is 4.36. The molecule has 1 aliphatic rings. The summed E-state index contributed by atoms with van der Waals surface area (Å²) in [5, 5.41) is 11.5. The number of hydrogen-bond donors (Lipinski definition) is 1. The normalized spacial score (nSPS) is 17.0. The minimum Gasteiger partial charge on any atom is -0.303 e. The summed E-state index contributed by atoms with van der Waals surface area (Å²) in [6.45, 7) is 5.12. The maximum absolute atomic E-state index is 4.71. The van der Waals surface area contributed by atoms with E-state index in [1.807, 2.05) is 17.8 Å². The highest BCUT2D eigenvalue weighted by molar-refractivity contribution is 7.09. The van der Waals surface area contributed by atoms with Gasteiger partial charge in [-0.1, -0.05) is 6.07 Å². The highest BCUT2D eigenvalue weighted by Gasteiger charge is 2.24. The van der Waals surface area contributed by atoms with Crippen molar-refractivity contribution in [3.05, 3.63) is 63.4 Å². The SMILES string of the molecule is Cc1cc(C)cc(-n2ncc3c2CCCC3NCc2nccs2)c1. The first-order valence-corrected chi connectivity index (χ1v) is 9.36. The van der Waals surface area contributed by atoms with Crippen LogP contribution >= 0.6 is 11.3 Å². The van der Waals surface area contributed by atoms with Crippen molar-refractivity contribution in [2.75, 3.05) is 0 Å². The van der Waals surface area contributed by atoms with Gasteiger partial charge in [-0.2, -0.15) is 5.10 Å². The molecule has 1 aliphatic carbocycles. The third-order valence-corrected chi connectivity index (χ3v) is 5.40. The Morgan fingerprint density at radius 1 is 1.25 bits per heavy atom. The first-order valence-electron chi connectivity index (χ1n) is 8.48. The van der Waals surface area contributed by atoms with E-state index in [4.69, 9.17) is 5.10 Å². The number of nitrogens with zero attached hydrogens (tertiary/aromatic N) is 3. The highest BCUT2D eigenvalue weighted by Crippen LogP contribution is 2.31. The molecule has 124 valence electrons. The summed E-state index contributed by atoms with van der Waals surface area (Å²) in [7, 11) is 0. The van der Waals surface area contributed by atoms with Crippen molar-refractivity contribution in [1.82, 2.24) is 20.1 Å². The number of fused-ring (bicyclic) bond motifs is 1. The predicted octanol–water partition coefficient (Wildman–Crippen LogP) is 4.11. The second kappa shape index (κ2) is 6.49. The topological polar surface area (TPSA) is 42.7 Å². The second-order valence-corrected chi connectivity index (χ2v) is 7.53. The molecule has 0 saturated carbocycles. The minimum absolute atomic E-state index is 0.373. The number of benzene rings is 1. The van der Waals surface area contributed by atoms with Crippen LogP contribution in [0.3, 0.4) is 0 Å². The second-order valence-electron chi connectivity index (χ2n) is 6.56. The molecule has 0 saturated heterocycles. The summed E-state index contributed by atoms with van der Waals surface area (Å²) in [5.74, 6) is 0. The standard InChI is InChI=1S/C19H22N4S/c1-13-8-14(2)10-15(9-13)23-18-5-3-4-17(16(18)11-22-23)21-12-19-20-6-7-24-19/h6-11,17,21H,3-5,12H2,1-2H3. The van der Waals surface area contributed by atoms with Crippen LogP contribution in [0.15, 0.2) is 36.0 Å². The number of aromatic nitrogens is 3. The number of thiazole rings is 1. The molecule has 0 spiro atoms. The highest BCUT2D eigenvalue weighted by atomic mass is 32.1. The Morgan fingerprint density at radius 2 is 2.08 bits per heavy atom. The zero-order valence-corrected chi connectivity index (χ0v) is 14.9. The van der Waals surface area contributed by atoms with E-state index >= 15 is 0 Å². The van der Waals surface area contributed by atoms with E-state index in [2.05, 4.69) is 47.0 Å². The van der Waals surface area contributed by atoms with Crippen LogP contribution in [0.1, 0.15) is 46.3 Å². The first kappa shape index (κ1) is 15.5. The quantitative estimate of drug-likeness (QED) is 0.778. The Morgan fingerprint density at radius 3 is 2.83 bits per heavy atom. The van der Waals surface area contributed by atoms with Gasteiger partial charge in [-0.3, -0.25) is 0 Å². The molecule has 0 aliphatic heterocycles. The van der Waals surface area contributed by atoms with Gasteiger partial charge in [-0.25, -0.2) is 9.67 Å². The number of rotatable bonds is 4. The van der Waals surface area contributed by atoms with Gasteiger partial charge in [-0.15, -0.1) is 11.3 Å². The van der Waals surface area contributed by atoms with E-state index in [1.54, 1.807) is 11.3 Å². The fourth-order valence-electron chi connectivity index (χ4n) is 3.62. The monoisotopic (exact) mass is 338 g/mol. The van der Waals surface area contributed by atoms with Crippen LogP contribution in [0.2, 0.25) is 0 Å². The van der Waals surface area contributed by atoms with Crippen LogP contribution < -0.4 is 5.32 Å². The van der Waals surface area contributed by atoms with E-state index in [0.29, 0.717) is 6.04 Å². The number of hydrogen-bond acceptors (Lipinski definition) is 4. The molecule has 3 aromatic rings. The van der Waals surface area contributed by atoms with Gasteiger partial charge in [0.2, 0.25) is 0 Å². The van der Waals surface area contributed by atoms with Crippen molar-refractivity contribution in [2.24, 2.45) is 0 Å². The van der Waals surface area contributed by atoms with Gasteiger partial charge < -0.3 is 5.32 Å².